The fraction of sp³-hybridized carbons (Fsp3) is 0.500. The van der Waals surface area contributed by atoms with Crippen molar-refractivity contribution in [2.45, 2.75) is 25.3 Å². The summed E-state index contributed by atoms with van der Waals surface area (Å²) >= 11 is 0. The van der Waals surface area contributed by atoms with Gasteiger partial charge in [0, 0.05) is 6.04 Å². The second-order valence-electron chi connectivity index (χ2n) is 3.08. The van der Waals surface area contributed by atoms with Crippen LogP contribution in [-0.4, -0.2) is 9.55 Å². The minimum atomic E-state index is 0.349. The maximum atomic E-state index is 8.60. The summed E-state index contributed by atoms with van der Waals surface area (Å²) in [6, 6.07) is 2.45. The van der Waals surface area contributed by atoms with Gasteiger partial charge in [0.15, 0.2) is 5.69 Å². The molecule has 0 unspecified atom stereocenters. The van der Waals surface area contributed by atoms with Gasteiger partial charge in [0.1, 0.15) is 11.9 Å². The van der Waals surface area contributed by atoms with Gasteiger partial charge >= 0.3 is 0 Å². The first-order chi connectivity index (χ1) is 5.83. The van der Waals surface area contributed by atoms with Gasteiger partial charge in [-0.3, -0.25) is 0 Å². The van der Waals surface area contributed by atoms with Crippen LogP contribution in [-0.2, 0) is 0 Å². The maximum Gasteiger partial charge on any atom is 0.182 e. The molecule has 1 fully saturated rings. The van der Waals surface area contributed by atoms with Gasteiger partial charge in [-0.05, 0) is 19.3 Å². The van der Waals surface area contributed by atoms with E-state index in [1.54, 1.807) is 6.33 Å². The number of nitrogens with zero attached hydrogens (tertiary/aromatic N) is 3. The third-order valence-corrected chi connectivity index (χ3v) is 2.41. The molecular formula is C8H10N4. The highest BCUT2D eigenvalue weighted by Gasteiger charge is 2.22. The monoisotopic (exact) mass is 162 g/mol. The lowest BCUT2D eigenvalue weighted by Gasteiger charge is -2.27. The van der Waals surface area contributed by atoms with Crippen LogP contribution in [0.3, 0.4) is 0 Å². The topological polar surface area (TPSA) is 67.6 Å². The molecule has 0 atom stereocenters. The Bertz CT molecular complexity index is 329. The van der Waals surface area contributed by atoms with Crippen LogP contribution < -0.4 is 5.73 Å². The number of aromatic nitrogens is 2. The van der Waals surface area contributed by atoms with E-state index in [4.69, 9.17) is 11.0 Å². The van der Waals surface area contributed by atoms with Crippen molar-refractivity contribution >= 4 is 5.82 Å². The molecule has 4 nitrogen and oxygen atoms in total. The van der Waals surface area contributed by atoms with Gasteiger partial charge in [-0.15, -0.1) is 0 Å². The first-order valence-electron chi connectivity index (χ1n) is 4.05. The Hall–Kier alpha value is -1.50. The van der Waals surface area contributed by atoms with Gasteiger partial charge in [0.25, 0.3) is 0 Å². The van der Waals surface area contributed by atoms with E-state index in [-0.39, 0.29) is 0 Å². The molecule has 2 rings (SSSR count). The van der Waals surface area contributed by atoms with Gasteiger partial charge in [0.05, 0.1) is 6.33 Å². The van der Waals surface area contributed by atoms with Crippen molar-refractivity contribution in [1.29, 1.82) is 5.26 Å². The quantitative estimate of drug-likeness (QED) is 0.671. The Kier molecular flexibility index (Phi) is 1.51. The van der Waals surface area contributed by atoms with Gasteiger partial charge in [0.2, 0.25) is 0 Å². The number of hydrogen-bond donors (Lipinski definition) is 1. The zero-order valence-electron chi connectivity index (χ0n) is 6.70. The molecule has 2 N–H and O–H groups in total. The predicted molar refractivity (Wildman–Crippen MR) is 44.2 cm³/mol. The van der Waals surface area contributed by atoms with Gasteiger partial charge in [-0.2, -0.15) is 5.26 Å². The lowest BCUT2D eigenvalue weighted by atomic mass is 9.93. The summed E-state index contributed by atoms with van der Waals surface area (Å²) in [4.78, 5) is 3.91. The minimum absolute atomic E-state index is 0.349. The summed E-state index contributed by atoms with van der Waals surface area (Å²) in [5, 5.41) is 8.60. The molecule has 0 aliphatic heterocycles. The number of nitrogens with two attached hydrogens (primary N) is 1. The number of rotatable bonds is 1. The zero-order chi connectivity index (χ0) is 8.55. The van der Waals surface area contributed by atoms with E-state index in [1.165, 1.54) is 6.42 Å². The summed E-state index contributed by atoms with van der Waals surface area (Å²) in [6.45, 7) is 0. The molecule has 62 valence electrons. The minimum Gasteiger partial charge on any atom is -0.383 e. The fourth-order valence-electron chi connectivity index (χ4n) is 1.41. The van der Waals surface area contributed by atoms with Gasteiger partial charge in [-0.1, -0.05) is 0 Å². The van der Waals surface area contributed by atoms with Crippen LogP contribution >= 0.6 is 0 Å². The Morgan fingerprint density at radius 3 is 2.83 bits per heavy atom. The molecule has 4 heteroatoms. The normalized spacial score (nSPS) is 16.9. The van der Waals surface area contributed by atoms with Crippen molar-refractivity contribution in [3.8, 4) is 6.07 Å². The fourth-order valence-corrected chi connectivity index (χ4v) is 1.41. The Balaban J connectivity index is 2.33. The van der Waals surface area contributed by atoms with Crippen LogP contribution in [0.2, 0.25) is 0 Å². The Labute approximate surface area is 70.6 Å². The molecule has 12 heavy (non-hydrogen) atoms. The summed E-state index contributed by atoms with van der Waals surface area (Å²) in [6.07, 6.45) is 5.23. The van der Waals surface area contributed by atoms with Crippen molar-refractivity contribution in [2.24, 2.45) is 0 Å². The molecule has 1 aliphatic rings. The van der Waals surface area contributed by atoms with E-state index < -0.39 is 0 Å². The summed E-state index contributed by atoms with van der Waals surface area (Å²) < 4.78 is 1.90. The molecule has 1 heterocycles. The maximum absolute atomic E-state index is 8.60. The highest BCUT2D eigenvalue weighted by molar-refractivity contribution is 5.44. The average Bonchev–Trinajstić information content (AvgIpc) is 2.30. The first kappa shape index (κ1) is 7.17. The number of nitriles is 1. The van der Waals surface area contributed by atoms with E-state index in [9.17, 15) is 0 Å². The van der Waals surface area contributed by atoms with Gasteiger partial charge in [-0.25, -0.2) is 4.98 Å². The van der Waals surface area contributed by atoms with Crippen LogP contribution in [0.4, 0.5) is 5.82 Å². The van der Waals surface area contributed by atoms with Crippen molar-refractivity contribution in [3.05, 3.63) is 12.0 Å². The van der Waals surface area contributed by atoms with E-state index in [0.29, 0.717) is 17.6 Å². The molecule has 1 aromatic heterocycles. The highest BCUT2D eigenvalue weighted by atomic mass is 15.1. The number of hydrogen-bond acceptors (Lipinski definition) is 3. The van der Waals surface area contributed by atoms with Crippen molar-refractivity contribution in [1.82, 2.24) is 9.55 Å². The molecular weight excluding hydrogens is 152 g/mol. The summed E-state index contributed by atoms with van der Waals surface area (Å²) in [5.74, 6) is 0.516. The third kappa shape index (κ3) is 0.866. The van der Waals surface area contributed by atoms with Gasteiger partial charge < -0.3 is 10.3 Å². The molecule has 0 amide bonds. The molecule has 0 aromatic carbocycles. The Morgan fingerprint density at radius 1 is 1.67 bits per heavy atom. The SMILES string of the molecule is N#Cc1ncn(C2CCC2)c1N. The lowest BCUT2D eigenvalue weighted by Crippen LogP contribution is -2.17. The lowest BCUT2D eigenvalue weighted by molar-refractivity contribution is 0.316. The summed E-state index contributed by atoms with van der Waals surface area (Å²) in [5.41, 5.74) is 6.05. The Morgan fingerprint density at radius 2 is 2.42 bits per heavy atom. The van der Waals surface area contributed by atoms with Crippen LogP contribution in [0.5, 0.6) is 0 Å². The molecule has 0 bridgehead atoms. The number of anilines is 1. The van der Waals surface area contributed by atoms with E-state index in [1.807, 2.05) is 10.6 Å². The largest absolute Gasteiger partial charge is 0.383 e. The van der Waals surface area contributed by atoms with Crippen molar-refractivity contribution in [3.63, 3.8) is 0 Å². The molecule has 0 saturated heterocycles. The average molecular weight is 162 g/mol. The number of nitrogen functional groups attached to an aromatic ring is 1. The van der Waals surface area contributed by atoms with E-state index >= 15 is 0 Å². The first-order valence-corrected chi connectivity index (χ1v) is 4.05. The number of imidazole rings is 1. The second kappa shape index (κ2) is 2.52. The summed E-state index contributed by atoms with van der Waals surface area (Å²) in [7, 11) is 0. The van der Waals surface area contributed by atoms with Crippen LogP contribution in [0.1, 0.15) is 31.0 Å². The molecule has 0 radical (unpaired) electrons. The molecule has 1 saturated carbocycles. The second-order valence-corrected chi connectivity index (χ2v) is 3.08. The van der Waals surface area contributed by atoms with E-state index in [2.05, 4.69) is 4.98 Å². The van der Waals surface area contributed by atoms with Crippen LogP contribution in [0.15, 0.2) is 6.33 Å². The highest BCUT2D eigenvalue weighted by Crippen LogP contribution is 2.33. The smallest absolute Gasteiger partial charge is 0.182 e. The molecule has 0 spiro atoms. The standard InChI is InChI=1S/C8H10N4/c9-4-7-8(10)12(5-11-7)6-2-1-3-6/h5-6H,1-3,10H2. The van der Waals surface area contributed by atoms with Crippen molar-refractivity contribution < 1.29 is 0 Å². The van der Waals surface area contributed by atoms with Crippen molar-refractivity contribution in [2.75, 3.05) is 5.73 Å². The zero-order valence-corrected chi connectivity index (χ0v) is 6.70. The third-order valence-electron chi connectivity index (χ3n) is 2.41. The molecule has 1 aliphatic carbocycles. The van der Waals surface area contributed by atoms with Crippen LogP contribution in [0.25, 0.3) is 0 Å². The predicted octanol–water partition coefficient (Wildman–Crippen LogP) is 1.06. The molecule has 1 aromatic rings. The van der Waals surface area contributed by atoms with E-state index in [0.717, 1.165) is 12.8 Å². The van der Waals surface area contributed by atoms with Crippen LogP contribution in [0, 0.1) is 11.3 Å².